The summed E-state index contributed by atoms with van der Waals surface area (Å²) in [5.74, 6) is 5.16. The van der Waals surface area contributed by atoms with Gasteiger partial charge in [0.05, 0.1) is 10.6 Å². The number of nitrogens with one attached hydrogen (secondary N) is 1. The van der Waals surface area contributed by atoms with Gasteiger partial charge in [0.25, 0.3) is 0 Å². The fourth-order valence-electron chi connectivity index (χ4n) is 1.05. The van der Waals surface area contributed by atoms with Gasteiger partial charge in [0.2, 0.25) is 0 Å². The average molecular weight is 237 g/mol. The molecule has 0 fully saturated rings. The lowest BCUT2D eigenvalue weighted by molar-refractivity contribution is 0.0703. The molecule has 0 atom stereocenters. The minimum atomic E-state index is -0.918. The molecule has 0 saturated carbocycles. The minimum Gasteiger partial charge on any atom is -0.477 e. The molecule has 0 saturated heterocycles. The highest BCUT2D eigenvalue weighted by atomic mass is 32.1. The first-order valence-corrected chi connectivity index (χ1v) is 5.73. The lowest BCUT2D eigenvalue weighted by Crippen LogP contribution is -1.98. The van der Waals surface area contributed by atoms with Gasteiger partial charge >= 0.3 is 5.97 Å². The van der Waals surface area contributed by atoms with Gasteiger partial charge in [-0.15, -0.1) is 11.3 Å². The predicted molar refractivity (Wildman–Crippen MR) is 67.2 cm³/mol. The highest BCUT2D eigenvalue weighted by Gasteiger charge is 2.13. The average Bonchev–Trinajstić information content (AvgIpc) is 2.56. The van der Waals surface area contributed by atoms with Crippen LogP contribution >= 0.6 is 11.3 Å². The third kappa shape index (κ3) is 3.28. The van der Waals surface area contributed by atoms with Gasteiger partial charge in [0.15, 0.2) is 0 Å². The zero-order valence-electron chi connectivity index (χ0n) is 9.84. The van der Waals surface area contributed by atoms with E-state index >= 15 is 0 Å². The maximum Gasteiger partial charge on any atom is 0.348 e. The van der Waals surface area contributed by atoms with Gasteiger partial charge in [-0.25, -0.2) is 4.79 Å². The van der Waals surface area contributed by atoms with Crippen LogP contribution in [-0.4, -0.2) is 18.1 Å². The Balaban J connectivity index is 3.08. The zero-order chi connectivity index (χ0) is 12.3. The molecule has 0 unspecified atom stereocenters. The maximum atomic E-state index is 10.9. The van der Waals surface area contributed by atoms with E-state index in [0.717, 1.165) is 4.88 Å². The molecule has 0 aliphatic carbocycles. The smallest absolute Gasteiger partial charge is 0.348 e. The summed E-state index contributed by atoms with van der Waals surface area (Å²) < 4.78 is 0. The van der Waals surface area contributed by atoms with Gasteiger partial charge < -0.3 is 10.4 Å². The fourth-order valence-corrected chi connectivity index (χ4v) is 1.90. The summed E-state index contributed by atoms with van der Waals surface area (Å²) in [6.07, 6.45) is 0. The molecular weight excluding hydrogens is 222 g/mol. The van der Waals surface area contributed by atoms with Crippen molar-refractivity contribution in [2.45, 2.75) is 20.8 Å². The van der Waals surface area contributed by atoms with E-state index in [-0.39, 0.29) is 5.41 Å². The Morgan fingerprint density at radius 1 is 1.50 bits per heavy atom. The van der Waals surface area contributed by atoms with E-state index < -0.39 is 5.97 Å². The molecule has 3 nitrogen and oxygen atoms in total. The molecule has 0 radical (unpaired) electrons. The molecule has 0 aliphatic heterocycles. The number of carbonyl (C=O) groups is 1. The molecule has 0 aromatic carbocycles. The van der Waals surface area contributed by atoms with Gasteiger partial charge in [0, 0.05) is 12.5 Å². The summed E-state index contributed by atoms with van der Waals surface area (Å²) in [6.45, 7) is 6.06. The Kier molecular flexibility index (Phi) is 3.61. The van der Waals surface area contributed by atoms with Crippen molar-refractivity contribution < 1.29 is 9.90 Å². The number of rotatable bonds is 2. The maximum absolute atomic E-state index is 10.9. The number of carboxylic acids is 1. The van der Waals surface area contributed by atoms with Gasteiger partial charge in [-0.05, 0) is 26.8 Å². The summed E-state index contributed by atoms with van der Waals surface area (Å²) >= 11 is 1.20. The Labute approximate surface area is 99.5 Å². The highest BCUT2D eigenvalue weighted by molar-refractivity contribution is 7.15. The monoisotopic (exact) mass is 237 g/mol. The molecule has 1 heterocycles. The molecule has 1 aromatic rings. The number of hydrogen-bond acceptors (Lipinski definition) is 3. The van der Waals surface area contributed by atoms with E-state index in [4.69, 9.17) is 5.11 Å². The Bertz CT molecular complexity index is 458. The second-order valence-electron chi connectivity index (χ2n) is 4.41. The van der Waals surface area contributed by atoms with E-state index in [2.05, 4.69) is 17.2 Å². The van der Waals surface area contributed by atoms with Crippen molar-refractivity contribution in [2.75, 3.05) is 12.4 Å². The lowest BCUT2D eigenvalue weighted by Gasteiger charge is -2.06. The molecule has 16 heavy (non-hydrogen) atoms. The topological polar surface area (TPSA) is 49.3 Å². The first-order valence-electron chi connectivity index (χ1n) is 4.91. The lowest BCUT2D eigenvalue weighted by atomic mass is 9.98. The van der Waals surface area contributed by atoms with E-state index in [1.807, 2.05) is 20.8 Å². The molecule has 86 valence electrons. The van der Waals surface area contributed by atoms with Gasteiger partial charge in [-0.3, -0.25) is 0 Å². The number of carboxylic acid groups (broad SMARTS) is 1. The SMILES string of the molecule is CNc1cc(C#CC(C)(C)C)sc1C(=O)O. The van der Waals surface area contributed by atoms with Gasteiger partial charge in [-0.1, -0.05) is 11.8 Å². The largest absolute Gasteiger partial charge is 0.477 e. The highest BCUT2D eigenvalue weighted by Crippen LogP contribution is 2.26. The molecule has 2 N–H and O–H groups in total. The summed E-state index contributed by atoms with van der Waals surface area (Å²) in [5.41, 5.74) is 0.545. The first-order chi connectivity index (χ1) is 7.33. The van der Waals surface area contributed by atoms with Crippen molar-refractivity contribution in [3.63, 3.8) is 0 Å². The van der Waals surface area contributed by atoms with Crippen LogP contribution in [0.5, 0.6) is 0 Å². The van der Waals surface area contributed by atoms with Crippen molar-refractivity contribution in [1.29, 1.82) is 0 Å². The Morgan fingerprint density at radius 2 is 2.12 bits per heavy atom. The third-order valence-corrected chi connectivity index (χ3v) is 2.79. The molecule has 0 amide bonds. The second kappa shape index (κ2) is 4.58. The molecule has 0 spiro atoms. The van der Waals surface area contributed by atoms with Crippen LogP contribution < -0.4 is 5.32 Å². The Morgan fingerprint density at radius 3 is 2.50 bits per heavy atom. The fraction of sp³-hybridized carbons (Fsp3) is 0.417. The molecule has 4 heteroatoms. The Hall–Kier alpha value is -1.47. The molecule has 1 aromatic heterocycles. The second-order valence-corrected chi connectivity index (χ2v) is 5.46. The van der Waals surface area contributed by atoms with Crippen LogP contribution in [0.25, 0.3) is 0 Å². The number of aromatic carboxylic acids is 1. The van der Waals surface area contributed by atoms with Gasteiger partial charge in [0.1, 0.15) is 4.88 Å². The van der Waals surface area contributed by atoms with Crippen molar-refractivity contribution in [2.24, 2.45) is 5.41 Å². The van der Waals surface area contributed by atoms with Crippen molar-refractivity contribution in [1.82, 2.24) is 0 Å². The van der Waals surface area contributed by atoms with Gasteiger partial charge in [-0.2, -0.15) is 0 Å². The first kappa shape index (κ1) is 12.6. The van der Waals surface area contributed by atoms with Crippen molar-refractivity contribution in [3.05, 3.63) is 15.8 Å². The summed E-state index contributed by atoms with van der Waals surface area (Å²) in [4.78, 5) is 12.0. The van der Waals surface area contributed by atoms with E-state index in [9.17, 15) is 4.79 Å². The third-order valence-electron chi connectivity index (χ3n) is 1.76. The summed E-state index contributed by atoms with van der Waals surface area (Å²) in [6, 6.07) is 1.77. The van der Waals surface area contributed by atoms with Crippen LogP contribution in [0, 0.1) is 17.3 Å². The minimum absolute atomic E-state index is 0.0762. The normalized spacial score (nSPS) is 10.5. The zero-order valence-corrected chi connectivity index (χ0v) is 10.7. The van der Waals surface area contributed by atoms with Crippen molar-refractivity contribution in [3.8, 4) is 11.8 Å². The van der Waals surface area contributed by atoms with Crippen LogP contribution in [0.1, 0.15) is 35.3 Å². The predicted octanol–water partition coefficient (Wildman–Crippen LogP) is 2.89. The molecule has 0 bridgehead atoms. The summed E-state index contributed by atoms with van der Waals surface area (Å²) in [7, 11) is 1.70. The van der Waals surface area contributed by atoms with Crippen LogP contribution in [0.15, 0.2) is 6.07 Å². The van der Waals surface area contributed by atoms with E-state index in [1.54, 1.807) is 13.1 Å². The van der Waals surface area contributed by atoms with Crippen LogP contribution in [0.3, 0.4) is 0 Å². The standard InChI is InChI=1S/C12H15NO2S/c1-12(2,3)6-5-8-7-9(13-4)10(16-8)11(14)15/h7,13H,1-4H3,(H,14,15). The molecular formula is C12H15NO2S. The van der Waals surface area contributed by atoms with Crippen LogP contribution in [0.4, 0.5) is 5.69 Å². The molecule has 0 aliphatic rings. The van der Waals surface area contributed by atoms with E-state index in [1.165, 1.54) is 11.3 Å². The van der Waals surface area contributed by atoms with Crippen molar-refractivity contribution >= 4 is 23.0 Å². The quantitative estimate of drug-likeness (QED) is 0.778. The number of anilines is 1. The molecule has 1 rings (SSSR count). The van der Waals surface area contributed by atoms with Crippen LogP contribution in [-0.2, 0) is 0 Å². The number of thiophene rings is 1. The number of hydrogen-bond donors (Lipinski definition) is 2. The summed E-state index contributed by atoms with van der Waals surface area (Å²) in [5, 5.41) is 11.8. The van der Waals surface area contributed by atoms with Crippen LogP contribution in [0.2, 0.25) is 0 Å². The van der Waals surface area contributed by atoms with E-state index in [0.29, 0.717) is 10.6 Å².